The molecule has 1 atom stereocenters. The molecule has 0 aliphatic rings. The van der Waals surface area contributed by atoms with Gasteiger partial charge in [-0.1, -0.05) is 77.8 Å². The molecule has 5 nitrogen and oxygen atoms in total. The standard InChI is InChI=1S/C26H26Cl2N2O3/c1-18-8-6-7-11-24(18)33-17-25(31)30(16-20-12-13-21(27)15-22(20)28)23(26(32)29-2)14-19-9-4-3-5-10-19/h3-13,15,23H,14,16-17H2,1-2H3,(H,29,32)/t23-/m1/s1. The van der Waals surface area contributed by atoms with E-state index in [2.05, 4.69) is 5.32 Å². The first-order valence-corrected chi connectivity index (χ1v) is 11.3. The number of benzene rings is 3. The Bertz CT molecular complexity index is 1110. The predicted molar refractivity (Wildman–Crippen MR) is 132 cm³/mol. The van der Waals surface area contributed by atoms with Crippen LogP contribution in [0.1, 0.15) is 16.7 Å². The highest BCUT2D eigenvalue weighted by Gasteiger charge is 2.30. The number of nitrogens with one attached hydrogen (secondary N) is 1. The summed E-state index contributed by atoms with van der Waals surface area (Å²) in [5.41, 5.74) is 2.54. The number of carbonyl (C=O) groups is 2. The number of likely N-dealkylation sites (N-methyl/N-ethyl adjacent to an activating group) is 1. The zero-order chi connectivity index (χ0) is 23.8. The SMILES string of the molecule is CNC(=O)[C@@H](Cc1ccccc1)N(Cc1ccc(Cl)cc1Cl)C(=O)COc1ccccc1C. The summed E-state index contributed by atoms with van der Waals surface area (Å²) in [6.07, 6.45) is 0.349. The summed E-state index contributed by atoms with van der Waals surface area (Å²) in [5, 5.41) is 3.61. The molecule has 0 saturated heterocycles. The highest BCUT2D eigenvalue weighted by molar-refractivity contribution is 6.35. The second kappa shape index (κ2) is 11.7. The van der Waals surface area contributed by atoms with Gasteiger partial charge in [0.15, 0.2) is 6.61 Å². The molecule has 0 saturated carbocycles. The van der Waals surface area contributed by atoms with Crippen LogP contribution < -0.4 is 10.1 Å². The van der Waals surface area contributed by atoms with Crippen LogP contribution in [0.5, 0.6) is 5.75 Å². The van der Waals surface area contributed by atoms with E-state index in [4.69, 9.17) is 27.9 Å². The monoisotopic (exact) mass is 484 g/mol. The molecule has 0 heterocycles. The molecule has 2 amide bonds. The summed E-state index contributed by atoms with van der Waals surface area (Å²) in [6.45, 7) is 1.84. The average Bonchev–Trinajstić information content (AvgIpc) is 2.82. The Balaban J connectivity index is 1.91. The minimum absolute atomic E-state index is 0.136. The van der Waals surface area contributed by atoms with Gasteiger partial charge in [-0.15, -0.1) is 0 Å². The summed E-state index contributed by atoms with van der Waals surface area (Å²) in [6, 6.07) is 21.4. The van der Waals surface area contributed by atoms with Crippen LogP contribution in [0.3, 0.4) is 0 Å². The van der Waals surface area contributed by atoms with Crippen LogP contribution in [0, 0.1) is 6.92 Å². The molecule has 1 N–H and O–H groups in total. The summed E-state index contributed by atoms with van der Waals surface area (Å²) in [4.78, 5) is 27.8. The lowest BCUT2D eigenvalue weighted by molar-refractivity contribution is -0.142. The van der Waals surface area contributed by atoms with Crippen LogP contribution in [0.2, 0.25) is 10.0 Å². The average molecular weight is 485 g/mol. The maximum absolute atomic E-state index is 13.4. The molecule has 0 spiro atoms. The Kier molecular flexibility index (Phi) is 8.75. The van der Waals surface area contributed by atoms with E-state index in [9.17, 15) is 9.59 Å². The van der Waals surface area contributed by atoms with Gasteiger partial charge in [0.1, 0.15) is 11.8 Å². The Morgan fingerprint density at radius 2 is 1.70 bits per heavy atom. The van der Waals surface area contributed by atoms with Gasteiger partial charge in [0.25, 0.3) is 5.91 Å². The maximum atomic E-state index is 13.4. The molecular formula is C26H26Cl2N2O3. The molecule has 0 fully saturated rings. The van der Waals surface area contributed by atoms with Crippen molar-refractivity contribution >= 4 is 35.0 Å². The van der Waals surface area contributed by atoms with Gasteiger partial charge in [-0.05, 0) is 41.8 Å². The zero-order valence-electron chi connectivity index (χ0n) is 18.6. The van der Waals surface area contributed by atoms with Crippen molar-refractivity contribution in [2.24, 2.45) is 0 Å². The molecule has 0 unspecified atom stereocenters. The van der Waals surface area contributed by atoms with E-state index in [1.54, 1.807) is 25.2 Å². The molecule has 3 aromatic carbocycles. The highest BCUT2D eigenvalue weighted by atomic mass is 35.5. The largest absolute Gasteiger partial charge is 0.484 e. The van der Waals surface area contributed by atoms with Crippen molar-refractivity contribution in [3.8, 4) is 5.75 Å². The third-order valence-electron chi connectivity index (χ3n) is 5.32. The second-order valence-electron chi connectivity index (χ2n) is 7.63. The van der Waals surface area contributed by atoms with Gasteiger partial charge in [-0.25, -0.2) is 0 Å². The highest BCUT2D eigenvalue weighted by Crippen LogP contribution is 2.24. The minimum Gasteiger partial charge on any atom is -0.484 e. The van der Waals surface area contributed by atoms with Gasteiger partial charge in [0.2, 0.25) is 5.91 Å². The number of hydrogen-bond donors (Lipinski definition) is 1. The molecule has 3 aromatic rings. The van der Waals surface area contributed by atoms with Crippen LogP contribution >= 0.6 is 23.2 Å². The van der Waals surface area contributed by atoms with E-state index in [0.717, 1.165) is 11.1 Å². The minimum atomic E-state index is -0.753. The van der Waals surface area contributed by atoms with Crippen molar-refractivity contribution in [1.82, 2.24) is 10.2 Å². The van der Waals surface area contributed by atoms with Gasteiger partial charge >= 0.3 is 0 Å². The van der Waals surface area contributed by atoms with Crippen molar-refractivity contribution in [2.45, 2.75) is 25.9 Å². The number of halogens is 2. The van der Waals surface area contributed by atoms with Crippen LogP contribution in [0.25, 0.3) is 0 Å². The number of amides is 2. The van der Waals surface area contributed by atoms with E-state index < -0.39 is 6.04 Å². The summed E-state index contributed by atoms with van der Waals surface area (Å²) in [7, 11) is 1.56. The quantitative estimate of drug-likeness (QED) is 0.461. The number of para-hydroxylation sites is 1. The van der Waals surface area contributed by atoms with E-state index >= 15 is 0 Å². The molecule has 3 rings (SSSR count). The van der Waals surface area contributed by atoms with Gasteiger partial charge in [0.05, 0.1) is 0 Å². The third kappa shape index (κ3) is 6.73. The molecule has 0 bridgehead atoms. The normalized spacial score (nSPS) is 11.5. The van der Waals surface area contributed by atoms with E-state index in [0.29, 0.717) is 27.8 Å². The fraction of sp³-hybridized carbons (Fsp3) is 0.231. The molecular weight excluding hydrogens is 459 g/mol. The molecule has 0 aliphatic carbocycles. The van der Waals surface area contributed by atoms with Crippen LogP contribution in [-0.2, 0) is 22.6 Å². The summed E-state index contributed by atoms with van der Waals surface area (Å²) < 4.78 is 5.80. The fourth-order valence-corrected chi connectivity index (χ4v) is 3.96. The maximum Gasteiger partial charge on any atom is 0.261 e. The third-order valence-corrected chi connectivity index (χ3v) is 5.90. The van der Waals surface area contributed by atoms with Gasteiger partial charge in [0, 0.05) is 30.1 Å². The van der Waals surface area contributed by atoms with Gasteiger partial charge < -0.3 is 15.0 Å². The van der Waals surface area contributed by atoms with Crippen LogP contribution in [0.4, 0.5) is 0 Å². The first kappa shape index (κ1) is 24.6. The molecule has 0 radical (unpaired) electrons. The fourth-order valence-electron chi connectivity index (χ4n) is 3.49. The van der Waals surface area contributed by atoms with E-state index in [1.807, 2.05) is 61.5 Å². The Morgan fingerprint density at radius 3 is 2.36 bits per heavy atom. The number of aryl methyl sites for hydroxylation is 1. The smallest absolute Gasteiger partial charge is 0.261 e. The number of ether oxygens (including phenoxy) is 1. The summed E-state index contributed by atoms with van der Waals surface area (Å²) >= 11 is 12.4. The van der Waals surface area contributed by atoms with E-state index in [-0.39, 0.29) is 25.0 Å². The first-order chi connectivity index (χ1) is 15.9. The lowest BCUT2D eigenvalue weighted by atomic mass is 10.0. The summed E-state index contributed by atoms with van der Waals surface area (Å²) in [5.74, 6) is 0.0249. The number of carbonyl (C=O) groups excluding carboxylic acids is 2. The van der Waals surface area contributed by atoms with Crippen molar-refractivity contribution in [3.05, 3.63) is 99.5 Å². The van der Waals surface area contributed by atoms with E-state index in [1.165, 1.54) is 4.90 Å². The van der Waals surface area contributed by atoms with Crippen LogP contribution in [0.15, 0.2) is 72.8 Å². The number of nitrogens with zero attached hydrogens (tertiary/aromatic N) is 1. The Morgan fingerprint density at radius 1 is 1.00 bits per heavy atom. The number of rotatable bonds is 9. The molecule has 33 heavy (non-hydrogen) atoms. The predicted octanol–water partition coefficient (Wildman–Crippen LogP) is 5.07. The molecule has 0 aliphatic heterocycles. The zero-order valence-corrected chi connectivity index (χ0v) is 20.1. The van der Waals surface area contributed by atoms with Crippen LogP contribution in [-0.4, -0.2) is 36.4 Å². The van der Waals surface area contributed by atoms with Crippen molar-refractivity contribution in [3.63, 3.8) is 0 Å². The van der Waals surface area contributed by atoms with Gasteiger partial charge in [-0.3, -0.25) is 9.59 Å². The lowest BCUT2D eigenvalue weighted by Crippen LogP contribution is -2.51. The first-order valence-electron chi connectivity index (χ1n) is 10.6. The number of hydrogen-bond acceptors (Lipinski definition) is 3. The van der Waals surface area contributed by atoms with Gasteiger partial charge in [-0.2, -0.15) is 0 Å². The lowest BCUT2D eigenvalue weighted by Gasteiger charge is -2.31. The Hall–Kier alpha value is -3.02. The van der Waals surface area contributed by atoms with Crippen molar-refractivity contribution in [2.75, 3.05) is 13.7 Å². The second-order valence-corrected chi connectivity index (χ2v) is 8.47. The Labute approximate surface area is 204 Å². The molecule has 7 heteroatoms. The molecule has 172 valence electrons. The van der Waals surface area contributed by atoms with Crippen molar-refractivity contribution < 1.29 is 14.3 Å². The topological polar surface area (TPSA) is 58.6 Å². The molecule has 0 aromatic heterocycles. The van der Waals surface area contributed by atoms with Crippen molar-refractivity contribution in [1.29, 1.82) is 0 Å².